The van der Waals surface area contributed by atoms with Crippen LogP contribution in [0, 0.1) is 5.92 Å². The van der Waals surface area contributed by atoms with Crippen LogP contribution in [0.25, 0.3) is 0 Å². The predicted octanol–water partition coefficient (Wildman–Crippen LogP) is 1.52. The van der Waals surface area contributed by atoms with E-state index in [0.717, 1.165) is 11.3 Å². The second-order valence-corrected chi connectivity index (χ2v) is 6.31. The first-order chi connectivity index (χ1) is 12.7. The average Bonchev–Trinajstić information content (AvgIpc) is 3.08. The van der Waals surface area contributed by atoms with E-state index >= 15 is 0 Å². The minimum Gasteiger partial charge on any atom is -0.486 e. The summed E-state index contributed by atoms with van der Waals surface area (Å²) >= 11 is 0. The Morgan fingerprint density at radius 3 is 2.88 bits per heavy atom. The number of nitrogens with zero attached hydrogens (tertiary/aromatic N) is 2. The summed E-state index contributed by atoms with van der Waals surface area (Å²) in [7, 11) is 0. The Labute approximate surface area is 150 Å². The Balaban J connectivity index is 1.41. The third kappa shape index (κ3) is 3.33. The van der Waals surface area contributed by atoms with Gasteiger partial charge < -0.3 is 19.7 Å². The molecule has 0 aliphatic carbocycles. The number of anilines is 1. The van der Waals surface area contributed by atoms with Crippen LogP contribution in [0.3, 0.4) is 0 Å². The standard InChI is InChI=1S/C19H19N3O4/c23-18-8-14(19(24)21-11-13-2-1-5-20-10-13)12-22(18)15-3-4-16-17(9-15)26-7-6-25-16/h1-5,9-10,14H,6-8,11-12H2,(H,21,24)/t14-/m0/s1. The van der Waals surface area contributed by atoms with Crippen molar-refractivity contribution in [2.75, 3.05) is 24.7 Å². The molecule has 2 aliphatic rings. The summed E-state index contributed by atoms with van der Waals surface area (Å²) in [6.45, 7) is 1.77. The van der Waals surface area contributed by atoms with Gasteiger partial charge in [-0.15, -0.1) is 0 Å². The molecule has 2 amide bonds. The van der Waals surface area contributed by atoms with E-state index in [4.69, 9.17) is 9.47 Å². The van der Waals surface area contributed by atoms with Crippen molar-refractivity contribution in [1.29, 1.82) is 0 Å². The molecule has 1 saturated heterocycles. The first kappa shape index (κ1) is 16.4. The number of nitrogens with one attached hydrogen (secondary N) is 1. The fraction of sp³-hybridized carbons (Fsp3) is 0.316. The largest absolute Gasteiger partial charge is 0.486 e. The van der Waals surface area contributed by atoms with E-state index in [1.54, 1.807) is 29.4 Å². The lowest BCUT2D eigenvalue weighted by molar-refractivity contribution is -0.126. The van der Waals surface area contributed by atoms with Gasteiger partial charge in [-0.3, -0.25) is 14.6 Å². The van der Waals surface area contributed by atoms with Gasteiger partial charge in [-0.2, -0.15) is 0 Å². The number of fused-ring (bicyclic) bond motifs is 1. The van der Waals surface area contributed by atoms with E-state index in [-0.39, 0.29) is 24.2 Å². The summed E-state index contributed by atoms with van der Waals surface area (Å²) < 4.78 is 11.1. The van der Waals surface area contributed by atoms with Gasteiger partial charge in [0.1, 0.15) is 13.2 Å². The molecule has 1 fully saturated rings. The molecule has 3 heterocycles. The van der Waals surface area contributed by atoms with Crippen LogP contribution in [0.4, 0.5) is 5.69 Å². The van der Waals surface area contributed by atoms with Gasteiger partial charge in [0.2, 0.25) is 11.8 Å². The smallest absolute Gasteiger partial charge is 0.227 e. The molecule has 4 rings (SSSR count). The lowest BCUT2D eigenvalue weighted by Crippen LogP contribution is -2.32. The van der Waals surface area contributed by atoms with Crippen molar-refractivity contribution in [2.24, 2.45) is 5.92 Å². The Kier molecular flexibility index (Phi) is 4.43. The summed E-state index contributed by atoms with van der Waals surface area (Å²) in [6, 6.07) is 9.13. The van der Waals surface area contributed by atoms with Crippen LogP contribution >= 0.6 is 0 Å². The van der Waals surface area contributed by atoms with Crippen LogP contribution in [0.1, 0.15) is 12.0 Å². The maximum Gasteiger partial charge on any atom is 0.227 e. The molecular weight excluding hydrogens is 334 g/mol. The van der Waals surface area contributed by atoms with E-state index in [2.05, 4.69) is 10.3 Å². The van der Waals surface area contributed by atoms with E-state index in [1.165, 1.54) is 0 Å². The van der Waals surface area contributed by atoms with Crippen LogP contribution in [0.5, 0.6) is 11.5 Å². The number of carbonyl (C=O) groups excluding carboxylic acids is 2. The zero-order valence-electron chi connectivity index (χ0n) is 14.2. The topological polar surface area (TPSA) is 80.8 Å². The highest BCUT2D eigenvalue weighted by molar-refractivity contribution is 6.00. The fourth-order valence-electron chi connectivity index (χ4n) is 3.17. The Morgan fingerprint density at radius 2 is 2.08 bits per heavy atom. The van der Waals surface area contributed by atoms with Crippen LogP contribution in [0.15, 0.2) is 42.7 Å². The van der Waals surface area contributed by atoms with E-state index in [0.29, 0.717) is 37.8 Å². The molecule has 1 aromatic heterocycles. The van der Waals surface area contributed by atoms with Gasteiger partial charge in [0.15, 0.2) is 11.5 Å². The first-order valence-corrected chi connectivity index (χ1v) is 8.57. The van der Waals surface area contributed by atoms with Crippen LogP contribution < -0.4 is 19.7 Å². The molecule has 0 spiro atoms. The molecule has 1 atom stereocenters. The molecule has 1 N–H and O–H groups in total. The predicted molar refractivity (Wildman–Crippen MR) is 94.0 cm³/mol. The van der Waals surface area contributed by atoms with Crippen molar-refractivity contribution in [3.05, 3.63) is 48.3 Å². The monoisotopic (exact) mass is 353 g/mol. The molecular formula is C19H19N3O4. The molecule has 7 heteroatoms. The van der Waals surface area contributed by atoms with Gasteiger partial charge in [0.25, 0.3) is 0 Å². The normalized spacial score (nSPS) is 18.7. The number of amides is 2. The van der Waals surface area contributed by atoms with Gasteiger partial charge in [-0.25, -0.2) is 0 Å². The van der Waals surface area contributed by atoms with E-state index < -0.39 is 0 Å². The molecule has 0 radical (unpaired) electrons. The molecule has 26 heavy (non-hydrogen) atoms. The summed E-state index contributed by atoms with van der Waals surface area (Å²) in [4.78, 5) is 30.5. The lowest BCUT2D eigenvalue weighted by Gasteiger charge is -2.22. The minimum atomic E-state index is -0.368. The molecule has 134 valence electrons. The van der Waals surface area contributed by atoms with Crippen molar-refractivity contribution >= 4 is 17.5 Å². The number of aromatic nitrogens is 1. The summed E-state index contributed by atoms with van der Waals surface area (Å²) in [5, 5.41) is 2.88. The van der Waals surface area contributed by atoms with Gasteiger partial charge >= 0.3 is 0 Å². The van der Waals surface area contributed by atoms with Gasteiger partial charge in [0, 0.05) is 43.7 Å². The van der Waals surface area contributed by atoms with Gasteiger partial charge in [-0.1, -0.05) is 6.07 Å². The number of hydrogen-bond donors (Lipinski definition) is 1. The zero-order chi connectivity index (χ0) is 17.9. The fourth-order valence-corrected chi connectivity index (χ4v) is 3.17. The molecule has 7 nitrogen and oxygen atoms in total. The van der Waals surface area contributed by atoms with Crippen molar-refractivity contribution < 1.29 is 19.1 Å². The van der Waals surface area contributed by atoms with Crippen LogP contribution in [-0.2, 0) is 16.1 Å². The Morgan fingerprint density at radius 1 is 1.23 bits per heavy atom. The van der Waals surface area contributed by atoms with Gasteiger partial charge in [0.05, 0.1) is 5.92 Å². The molecule has 1 aromatic carbocycles. The quantitative estimate of drug-likeness (QED) is 0.901. The maximum absolute atomic E-state index is 12.4. The zero-order valence-corrected chi connectivity index (χ0v) is 14.2. The second-order valence-electron chi connectivity index (χ2n) is 6.31. The second kappa shape index (κ2) is 7.03. The lowest BCUT2D eigenvalue weighted by atomic mass is 10.1. The molecule has 0 unspecified atom stereocenters. The Bertz CT molecular complexity index is 825. The number of carbonyl (C=O) groups is 2. The highest BCUT2D eigenvalue weighted by Crippen LogP contribution is 2.35. The molecule has 2 aromatic rings. The number of ether oxygens (including phenoxy) is 2. The maximum atomic E-state index is 12.4. The van der Waals surface area contributed by atoms with Crippen LogP contribution in [-0.4, -0.2) is 36.6 Å². The average molecular weight is 353 g/mol. The summed E-state index contributed by atoms with van der Waals surface area (Å²) in [5.74, 6) is 0.751. The number of rotatable bonds is 4. The van der Waals surface area contributed by atoms with Crippen molar-refractivity contribution in [2.45, 2.75) is 13.0 Å². The van der Waals surface area contributed by atoms with Crippen LogP contribution in [0.2, 0.25) is 0 Å². The highest BCUT2D eigenvalue weighted by atomic mass is 16.6. The third-order valence-electron chi connectivity index (χ3n) is 4.52. The molecule has 0 saturated carbocycles. The summed E-state index contributed by atoms with van der Waals surface area (Å²) in [5.41, 5.74) is 1.65. The van der Waals surface area contributed by atoms with Crippen molar-refractivity contribution in [1.82, 2.24) is 10.3 Å². The number of pyridine rings is 1. The van der Waals surface area contributed by atoms with Crippen molar-refractivity contribution in [3.8, 4) is 11.5 Å². The van der Waals surface area contributed by atoms with E-state index in [1.807, 2.05) is 18.2 Å². The highest BCUT2D eigenvalue weighted by Gasteiger charge is 2.35. The SMILES string of the molecule is O=C(NCc1cccnc1)[C@H]1CC(=O)N(c2ccc3c(c2)OCCO3)C1. The minimum absolute atomic E-state index is 0.0665. The number of hydrogen-bond acceptors (Lipinski definition) is 5. The van der Waals surface area contributed by atoms with E-state index in [9.17, 15) is 9.59 Å². The van der Waals surface area contributed by atoms with Gasteiger partial charge in [-0.05, 0) is 23.8 Å². The number of benzene rings is 1. The molecule has 0 bridgehead atoms. The Hall–Kier alpha value is -3.09. The first-order valence-electron chi connectivity index (χ1n) is 8.57. The van der Waals surface area contributed by atoms with Crippen molar-refractivity contribution in [3.63, 3.8) is 0 Å². The third-order valence-corrected chi connectivity index (χ3v) is 4.52. The summed E-state index contributed by atoms with van der Waals surface area (Å²) in [6.07, 6.45) is 3.60. The molecule has 2 aliphatic heterocycles.